The van der Waals surface area contributed by atoms with Crippen molar-refractivity contribution in [1.82, 2.24) is 15.0 Å². The van der Waals surface area contributed by atoms with Crippen LogP contribution in [-0.4, -0.2) is 40.7 Å². The van der Waals surface area contributed by atoms with Gasteiger partial charge in [0.25, 0.3) is 0 Å². The summed E-state index contributed by atoms with van der Waals surface area (Å²) >= 11 is 1.26. The van der Waals surface area contributed by atoms with Gasteiger partial charge in [0.2, 0.25) is 11.7 Å². The zero-order chi connectivity index (χ0) is 18.7. The van der Waals surface area contributed by atoms with Crippen LogP contribution in [0.2, 0.25) is 0 Å². The average molecular weight is 389 g/mol. The zero-order valence-electron chi connectivity index (χ0n) is 14.1. The van der Waals surface area contributed by atoms with Crippen LogP contribution < -0.4 is 0 Å². The highest BCUT2D eigenvalue weighted by atomic mass is 32.1. The maximum Gasteiger partial charge on any atom is 0.471 e. The minimum absolute atomic E-state index is 0.0680. The van der Waals surface area contributed by atoms with Gasteiger partial charge in [-0.25, -0.2) is 0 Å². The molecule has 0 unspecified atom stereocenters. The van der Waals surface area contributed by atoms with Crippen LogP contribution in [0.4, 0.5) is 13.2 Å². The monoisotopic (exact) mass is 389 g/mol. The van der Waals surface area contributed by atoms with Crippen molar-refractivity contribution in [1.29, 1.82) is 0 Å². The molecule has 0 aromatic carbocycles. The summed E-state index contributed by atoms with van der Waals surface area (Å²) in [4.78, 5) is 19.0. The summed E-state index contributed by atoms with van der Waals surface area (Å²) in [5.41, 5.74) is 0. The number of hydrogen-bond donors (Lipinski definition) is 0. The van der Waals surface area contributed by atoms with E-state index in [0.29, 0.717) is 30.9 Å². The van der Waals surface area contributed by atoms with Gasteiger partial charge in [0.05, 0.1) is 11.4 Å². The van der Waals surface area contributed by atoms with Crippen LogP contribution >= 0.6 is 11.3 Å². The van der Waals surface area contributed by atoms with Gasteiger partial charge in [0, 0.05) is 31.1 Å². The Morgan fingerprint density at radius 1 is 1.42 bits per heavy atom. The summed E-state index contributed by atoms with van der Waals surface area (Å²) in [7, 11) is 1.60. The van der Waals surface area contributed by atoms with Gasteiger partial charge in [0.15, 0.2) is 0 Å². The fraction of sp³-hybridized carbons (Fsp3) is 0.562. The Morgan fingerprint density at radius 3 is 2.81 bits per heavy atom. The highest BCUT2D eigenvalue weighted by Gasteiger charge is 2.38. The molecule has 1 fully saturated rings. The highest BCUT2D eigenvalue weighted by molar-refractivity contribution is 7.15. The van der Waals surface area contributed by atoms with Crippen LogP contribution in [-0.2, 0) is 22.3 Å². The van der Waals surface area contributed by atoms with Gasteiger partial charge in [-0.15, -0.1) is 11.3 Å². The molecule has 2 heterocycles. The number of halogens is 3. The molecule has 1 amide bonds. The van der Waals surface area contributed by atoms with E-state index in [4.69, 9.17) is 4.74 Å². The first kappa shape index (κ1) is 18.8. The molecule has 0 radical (unpaired) electrons. The normalized spacial score (nSPS) is 14.6. The lowest BCUT2D eigenvalue weighted by molar-refractivity contribution is -0.159. The van der Waals surface area contributed by atoms with Gasteiger partial charge in [-0.1, -0.05) is 5.16 Å². The van der Waals surface area contributed by atoms with E-state index in [2.05, 4.69) is 14.7 Å². The number of ether oxygens (including phenoxy) is 1. The van der Waals surface area contributed by atoms with Crippen LogP contribution in [0.1, 0.15) is 36.5 Å². The van der Waals surface area contributed by atoms with Crippen LogP contribution in [0.5, 0.6) is 0 Å². The molecular weight excluding hydrogens is 371 g/mol. The van der Waals surface area contributed by atoms with Crippen LogP contribution in [0.25, 0.3) is 10.7 Å². The minimum atomic E-state index is -4.66. The molecule has 142 valence electrons. The van der Waals surface area contributed by atoms with Crippen molar-refractivity contribution in [3.63, 3.8) is 0 Å². The number of amides is 1. The SMILES string of the molecule is COCCCC(=O)N(Cc1ccc(-c2noc(C(F)(F)F)n2)s1)C1CC1. The second-order valence-corrected chi connectivity index (χ2v) is 7.20. The van der Waals surface area contributed by atoms with Crippen LogP contribution in [0.3, 0.4) is 0 Å². The quantitative estimate of drug-likeness (QED) is 0.644. The smallest absolute Gasteiger partial charge is 0.385 e. The summed E-state index contributed by atoms with van der Waals surface area (Å²) in [5, 5.41) is 3.39. The van der Waals surface area contributed by atoms with E-state index in [-0.39, 0.29) is 17.8 Å². The summed E-state index contributed by atoms with van der Waals surface area (Å²) in [5.74, 6) is -1.40. The Hall–Kier alpha value is -1.94. The van der Waals surface area contributed by atoms with E-state index in [1.807, 2.05) is 4.90 Å². The number of hydrogen-bond acceptors (Lipinski definition) is 6. The third kappa shape index (κ3) is 4.61. The fourth-order valence-corrected chi connectivity index (χ4v) is 3.44. The van der Waals surface area contributed by atoms with Gasteiger partial charge in [-0.3, -0.25) is 4.79 Å². The van der Waals surface area contributed by atoms with Crippen LogP contribution in [0.15, 0.2) is 16.7 Å². The van der Waals surface area contributed by atoms with Crippen molar-refractivity contribution in [3.8, 4) is 10.7 Å². The van der Waals surface area contributed by atoms with Gasteiger partial charge in [-0.2, -0.15) is 18.2 Å². The Balaban J connectivity index is 1.66. The lowest BCUT2D eigenvalue weighted by Crippen LogP contribution is -2.32. The first-order valence-electron chi connectivity index (χ1n) is 8.17. The first-order valence-corrected chi connectivity index (χ1v) is 8.98. The molecule has 26 heavy (non-hydrogen) atoms. The number of alkyl halides is 3. The summed E-state index contributed by atoms with van der Waals surface area (Å²) in [6, 6.07) is 3.67. The van der Waals surface area contributed by atoms with Crippen molar-refractivity contribution in [2.45, 2.75) is 44.4 Å². The Morgan fingerprint density at radius 2 is 2.19 bits per heavy atom. The van der Waals surface area contributed by atoms with Gasteiger partial charge >= 0.3 is 12.1 Å². The number of thiophene rings is 1. The van der Waals surface area contributed by atoms with E-state index in [1.54, 1.807) is 19.2 Å². The first-order chi connectivity index (χ1) is 12.4. The predicted octanol–water partition coefficient (Wildman–Crippen LogP) is 3.73. The largest absolute Gasteiger partial charge is 0.471 e. The maximum atomic E-state index is 12.6. The molecule has 0 bridgehead atoms. The van der Waals surface area contributed by atoms with Crippen molar-refractivity contribution < 1.29 is 27.2 Å². The molecule has 0 spiro atoms. The fourth-order valence-electron chi connectivity index (χ4n) is 2.51. The number of carbonyl (C=O) groups is 1. The summed E-state index contributed by atoms with van der Waals surface area (Å²) in [6.07, 6.45) is -1.62. The van der Waals surface area contributed by atoms with E-state index in [9.17, 15) is 18.0 Å². The molecule has 2 aromatic heterocycles. The van der Waals surface area contributed by atoms with Crippen LogP contribution in [0, 0.1) is 0 Å². The van der Waals surface area contributed by atoms with E-state index < -0.39 is 12.1 Å². The maximum absolute atomic E-state index is 12.6. The van der Waals surface area contributed by atoms with Gasteiger partial charge in [-0.05, 0) is 31.4 Å². The molecule has 3 rings (SSSR count). The molecule has 0 saturated heterocycles. The molecule has 0 N–H and O–H groups in total. The highest BCUT2D eigenvalue weighted by Crippen LogP contribution is 2.34. The second-order valence-electron chi connectivity index (χ2n) is 6.04. The third-order valence-corrected chi connectivity index (χ3v) is 4.99. The molecule has 1 saturated carbocycles. The van der Waals surface area contributed by atoms with Crippen molar-refractivity contribution in [2.24, 2.45) is 0 Å². The molecular formula is C16H18F3N3O3S. The summed E-state index contributed by atoms with van der Waals surface area (Å²) in [6.45, 7) is 0.970. The topological polar surface area (TPSA) is 68.5 Å². The number of carbonyl (C=O) groups excluding carboxylic acids is 1. The van der Waals surface area contributed by atoms with E-state index >= 15 is 0 Å². The second kappa shape index (κ2) is 7.75. The van der Waals surface area contributed by atoms with Crippen molar-refractivity contribution in [3.05, 3.63) is 22.9 Å². The zero-order valence-corrected chi connectivity index (χ0v) is 14.9. The lowest BCUT2D eigenvalue weighted by atomic mass is 10.2. The van der Waals surface area contributed by atoms with Gasteiger partial charge < -0.3 is 14.2 Å². The van der Waals surface area contributed by atoms with Gasteiger partial charge in [0.1, 0.15) is 0 Å². The molecule has 6 nitrogen and oxygen atoms in total. The number of rotatable bonds is 8. The molecule has 1 aliphatic carbocycles. The number of methoxy groups -OCH3 is 1. The Bertz CT molecular complexity index is 755. The molecule has 0 atom stereocenters. The van der Waals surface area contributed by atoms with E-state index in [0.717, 1.165) is 17.7 Å². The minimum Gasteiger partial charge on any atom is -0.385 e. The van der Waals surface area contributed by atoms with Crippen molar-refractivity contribution >= 4 is 17.2 Å². The molecule has 10 heteroatoms. The predicted molar refractivity (Wildman–Crippen MR) is 87.3 cm³/mol. The lowest BCUT2D eigenvalue weighted by Gasteiger charge is -2.21. The number of aromatic nitrogens is 2. The molecule has 0 aliphatic heterocycles. The third-order valence-electron chi connectivity index (χ3n) is 3.92. The average Bonchev–Trinajstić information content (AvgIpc) is 3.10. The summed E-state index contributed by atoms with van der Waals surface area (Å²) < 4.78 is 46.9. The number of nitrogens with zero attached hydrogens (tertiary/aromatic N) is 3. The Kier molecular flexibility index (Phi) is 5.61. The standard InChI is InChI=1S/C16H18F3N3O3S/c1-24-8-2-3-13(23)22(10-4-5-10)9-11-6-7-12(26-11)14-20-15(25-21-14)16(17,18)19/h6-7,10H,2-5,8-9H2,1H3. The van der Waals surface area contributed by atoms with Crippen molar-refractivity contribution in [2.75, 3.05) is 13.7 Å². The van der Waals surface area contributed by atoms with E-state index in [1.165, 1.54) is 11.3 Å². The Labute approximate surface area is 151 Å². The molecule has 2 aromatic rings. The molecule has 1 aliphatic rings.